The van der Waals surface area contributed by atoms with Crippen LogP contribution in [0.1, 0.15) is 56.6 Å². The first-order chi connectivity index (χ1) is 15.9. The van der Waals surface area contributed by atoms with Gasteiger partial charge in [0.2, 0.25) is 15.2 Å². The van der Waals surface area contributed by atoms with E-state index in [1.165, 1.54) is 16.9 Å². The van der Waals surface area contributed by atoms with E-state index in [-0.39, 0.29) is 0 Å². The summed E-state index contributed by atoms with van der Waals surface area (Å²) in [6.07, 6.45) is 5.82. The lowest BCUT2D eigenvalue weighted by Crippen LogP contribution is -2.31. The standard InChI is InChI=1S/C25H30N4O2S2/c1-19(2)21-9-7-20(8-10-21)17-26-28-25-27-24(18-32-25)22-11-13-23(14-12-22)33(30,31)29-15-5-3-4-6-16-29/h7-14,17-19H,3-6,15-16H2,1-2H3,(H,27,28). The predicted octanol–water partition coefficient (Wildman–Crippen LogP) is 5.94. The van der Waals surface area contributed by atoms with Crippen LogP contribution < -0.4 is 5.43 Å². The van der Waals surface area contributed by atoms with Gasteiger partial charge in [-0.15, -0.1) is 11.3 Å². The van der Waals surface area contributed by atoms with E-state index >= 15 is 0 Å². The topological polar surface area (TPSA) is 74.7 Å². The van der Waals surface area contributed by atoms with Gasteiger partial charge in [0.15, 0.2) is 0 Å². The molecule has 8 heteroatoms. The Bertz CT molecular complexity index is 1180. The number of aromatic nitrogens is 1. The summed E-state index contributed by atoms with van der Waals surface area (Å²) in [7, 11) is -3.44. The zero-order valence-electron chi connectivity index (χ0n) is 19.1. The summed E-state index contributed by atoms with van der Waals surface area (Å²) in [5, 5.41) is 6.91. The molecule has 1 fully saturated rings. The molecule has 0 radical (unpaired) electrons. The summed E-state index contributed by atoms with van der Waals surface area (Å²) in [5.41, 5.74) is 6.97. The molecule has 33 heavy (non-hydrogen) atoms. The third-order valence-corrected chi connectivity index (χ3v) is 8.49. The maximum atomic E-state index is 13.0. The smallest absolute Gasteiger partial charge is 0.243 e. The van der Waals surface area contributed by atoms with Crippen molar-refractivity contribution < 1.29 is 8.42 Å². The number of rotatable bonds is 7. The van der Waals surface area contributed by atoms with E-state index < -0.39 is 10.0 Å². The number of thiazole rings is 1. The molecule has 0 amide bonds. The molecule has 0 saturated carbocycles. The van der Waals surface area contributed by atoms with Gasteiger partial charge in [0, 0.05) is 24.0 Å². The molecular weight excluding hydrogens is 452 g/mol. The Hall–Kier alpha value is -2.55. The van der Waals surface area contributed by atoms with Crippen molar-refractivity contribution in [2.24, 2.45) is 5.10 Å². The highest BCUT2D eigenvalue weighted by atomic mass is 32.2. The van der Waals surface area contributed by atoms with E-state index in [1.54, 1.807) is 22.7 Å². The summed E-state index contributed by atoms with van der Waals surface area (Å²) in [4.78, 5) is 4.92. The maximum absolute atomic E-state index is 13.0. The molecule has 0 aliphatic carbocycles. The molecule has 3 aromatic rings. The van der Waals surface area contributed by atoms with Gasteiger partial charge in [-0.3, -0.25) is 5.43 Å². The van der Waals surface area contributed by atoms with Crippen LogP contribution in [-0.2, 0) is 10.0 Å². The second-order valence-corrected chi connectivity index (χ2v) is 11.4. The van der Waals surface area contributed by atoms with Crippen LogP contribution in [0.25, 0.3) is 11.3 Å². The fourth-order valence-corrected chi connectivity index (χ4v) is 6.00. The van der Waals surface area contributed by atoms with Crippen molar-refractivity contribution in [2.45, 2.75) is 50.3 Å². The molecule has 4 rings (SSSR count). The molecule has 0 spiro atoms. The molecule has 1 aromatic heterocycles. The van der Waals surface area contributed by atoms with Crippen molar-refractivity contribution in [2.75, 3.05) is 18.5 Å². The summed E-state index contributed by atoms with van der Waals surface area (Å²) in [6.45, 7) is 5.56. The monoisotopic (exact) mass is 482 g/mol. The summed E-state index contributed by atoms with van der Waals surface area (Å²) >= 11 is 1.46. The lowest BCUT2D eigenvalue weighted by molar-refractivity contribution is 0.424. The van der Waals surface area contributed by atoms with Crippen molar-refractivity contribution >= 4 is 32.7 Å². The summed E-state index contributed by atoms with van der Waals surface area (Å²) in [6, 6.07) is 15.3. The largest absolute Gasteiger partial charge is 0.253 e. The zero-order chi connectivity index (χ0) is 23.3. The Labute approximate surface area is 200 Å². The van der Waals surface area contributed by atoms with Crippen LogP contribution in [-0.4, -0.2) is 37.0 Å². The Morgan fingerprint density at radius 2 is 1.67 bits per heavy atom. The van der Waals surface area contributed by atoms with Crippen LogP contribution in [0.3, 0.4) is 0 Å². The molecule has 1 aliphatic heterocycles. The highest BCUT2D eigenvalue weighted by Gasteiger charge is 2.25. The zero-order valence-corrected chi connectivity index (χ0v) is 20.7. The third-order valence-electron chi connectivity index (χ3n) is 5.83. The van der Waals surface area contributed by atoms with Crippen molar-refractivity contribution in [3.8, 4) is 11.3 Å². The predicted molar refractivity (Wildman–Crippen MR) is 137 cm³/mol. The SMILES string of the molecule is CC(C)c1ccc(C=NNc2nc(-c3ccc(S(=O)(=O)N4CCCCCC4)cc3)cs2)cc1. The first kappa shape index (κ1) is 23.6. The van der Waals surface area contributed by atoms with Gasteiger partial charge in [0.05, 0.1) is 16.8 Å². The fourth-order valence-electron chi connectivity index (χ4n) is 3.82. The van der Waals surface area contributed by atoms with Crippen LogP contribution in [0, 0.1) is 0 Å². The van der Waals surface area contributed by atoms with Gasteiger partial charge < -0.3 is 0 Å². The molecular formula is C25H30N4O2S2. The van der Waals surface area contributed by atoms with Gasteiger partial charge in [-0.1, -0.05) is 63.1 Å². The van der Waals surface area contributed by atoms with Gasteiger partial charge in [0.1, 0.15) is 0 Å². The first-order valence-corrected chi connectivity index (χ1v) is 13.7. The Morgan fingerprint density at radius 1 is 1.00 bits per heavy atom. The molecule has 6 nitrogen and oxygen atoms in total. The normalized spacial score (nSPS) is 15.7. The molecule has 2 heterocycles. The lowest BCUT2D eigenvalue weighted by atomic mass is 10.0. The average Bonchev–Trinajstić information content (AvgIpc) is 3.11. The summed E-state index contributed by atoms with van der Waals surface area (Å²) in [5.74, 6) is 0.506. The van der Waals surface area contributed by atoms with Gasteiger partial charge in [-0.2, -0.15) is 9.41 Å². The molecule has 174 valence electrons. The quantitative estimate of drug-likeness (QED) is 0.334. The second kappa shape index (κ2) is 10.6. The molecule has 2 aromatic carbocycles. The number of hydrogen-bond acceptors (Lipinski definition) is 6. The van der Waals surface area contributed by atoms with E-state index in [1.807, 2.05) is 17.5 Å². The molecule has 0 unspecified atom stereocenters. The molecule has 0 atom stereocenters. The number of nitrogens with zero attached hydrogens (tertiary/aromatic N) is 3. The minimum absolute atomic E-state index is 0.342. The van der Waals surface area contributed by atoms with Gasteiger partial charge >= 0.3 is 0 Å². The minimum Gasteiger partial charge on any atom is -0.253 e. The number of anilines is 1. The van der Waals surface area contributed by atoms with E-state index in [9.17, 15) is 8.42 Å². The molecule has 0 bridgehead atoms. The molecule has 1 saturated heterocycles. The van der Waals surface area contributed by atoms with Crippen LogP contribution in [0.5, 0.6) is 0 Å². The number of nitrogens with one attached hydrogen (secondary N) is 1. The van der Waals surface area contributed by atoms with Crippen molar-refractivity contribution in [3.05, 3.63) is 65.0 Å². The van der Waals surface area contributed by atoms with Gasteiger partial charge in [-0.25, -0.2) is 13.4 Å². The van der Waals surface area contributed by atoms with E-state index in [0.29, 0.717) is 29.0 Å². The van der Waals surface area contributed by atoms with Crippen LogP contribution >= 0.6 is 11.3 Å². The fraction of sp³-hybridized carbons (Fsp3) is 0.360. The second-order valence-electron chi connectivity index (χ2n) is 8.57. The van der Waals surface area contributed by atoms with Crippen LogP contribution in [0.4, 0.5) is 5.13 Å². The van der Waals surface area contributed by atoms with Crippen molar-refractivity contribution in [1.29, 1.82) is 0 Å². The van der Waals surface area contributed by atoms with E-state index in [4.69, 9.17) is 0 Å². The highest BCUT2D eigenvalue weighted by molar-refractivity contribution is 7.89. The highest BCUT2D eigenvalue weighted by Crippen LogP contribution is 2.27. The van der Waals surface area contributed by atoms with E-state index in [0.717, 1.165) is 42.5 Å². The number of hydrogen-bond donors (Lipinski definition) is 1. The Balaban J connectivity index is 1.40. The number of hydrazone groups is 1. The minimum atomic E-state index is -3.44. The maximum Gasteiger partial charge on any atom is 0.243 e. The molecule has 1 aliphatic rings. The average molecular weight is 483 g/mol. The number of benzene rings is 2. The van der Waals surface area contributed by atoms with E-state index in [2.05, 4.69) is 53.6 Å². The van der Waals surface area contributed by atoms with Crippen molar-refractivity contribution in [3.63, 3.8) is 0 Å². The van der Waals surface area contributed by atoms with Crippen LogP contribution in [0.15, 0.2) is 63.9 Å². The lowest BCUT2D eigenvalue weighted by Gasteiger charge is -2.19. The first-order valence-electron chi connectivity index (χ1n) is 11.4. The Morgan fingerprint density at radius 3 is 2.30 bits per heavy atom. The van der Waals surface area contributed by atoms with Crippen molar-refractivity contribution in [1.82, 2.24) is 9.29 Å². The van der Waals surface area contributed by atoms with Gasteiger partial charge in [0.25, 0.3) is 0 Å². The van der Waals surface area contributed by atoms with Crippen LogP contribution in [0.2, 0.25) is 0 Å². The third kappa shape index (κ3) is 5.88. The van der Waals surface area contributed by atoms with Gasteiger partial charge in [-0.05, 0) is 42.0 Å². The summed E-state index contributed by atoms with van der Waals surface area (Å²) < 4.78 is 27.6. The Kier molecular flexibility index (Phi) is 7.57. The molecule has 1 N–H and O–H groups in total. The number of sulfonamides is 1.